The van der Waals surface area contributed by atoms with Gasteiger partial charge in [-0.25, -0.2) is 0 Å². The van der Waals surface area contributed by atoms with Gasteiger partial charge in [0, 0.05) is 5.75 Å². The Balaban J connectivity index is -0.00000544. The number of carboxylic acid groups (broad SMARTS) is 1. The SMILES string of the molecule is CCCCCCCCCCCCCCCCCCCCCCSC[C@@H](O)COP(=O)([O-])C(=O)[O-].[Na+].[Na+]. The third kappa shape index (κ3) is 30.5. The molecule has 0 aromatic rings. The van der Waals surface area contributed by atoms with E-state index in [9.17, 15) is 24.5 Å². The van der Waals surface area contributed by atoms with Gasteiger partial charge in [-0.2, -0.15) is 11.8 Å². The Morgan fingerprint density at radius 2 is 1.08 bits per heavy atom. The molecule has 1 N–H and O–H groups in total. The monoisotopic (exact) mass is 568 g/mol. The van der Waals surface area contributed by atoms with E-state index in [0.29, 0.717) is 5.75 Å². The first kappa shape index (κ1) is 42.4. The van der Waals surface area contributed by atoms with Crippen molar-refractivity contribution in [1.29, 1.82) is 0 Å². The van der Waals surface area contributed by atoms with Crippen LogP contribution in [0, 0.1) is 0 Å². The minimum absolute atomic E-state index is 0. The summed E-state index contributed by atoms with van der Waals surface area (Å²) >= 11 is 1.53. The first-order valence-corrected chi connectivity index (χ1v) is 16.5. The van der Waals surface area contributed by atoms with Crippen molar-refractivity contribution in [2.24, 2.45) is 0 Å². The molecule has 10 heteroatoms. The molecule has 0 rings (SSSR count). The Labute approximate surface area is 270 Å². The smallest absolute Gasteiger partial charge is 0.774 e. The van der Waals surface area contributed by atoms with Gasteiger partial charge in [-0.3, -0.25) is 0 Å². The van der Waals surface area contributed by atoms with Gasteiger partial charge < -0.3 is 29.0 Å². The van der Waals surface area contributed by atoms with Crippen molar-refractivity contribution < 1.29 is 88.1 Å². The zero-order chi connectivity index (χ0) is 25.3. The van der Waals surface area contributed by atoms with Crippen LogP contribution in [0.2, 0.25) is 0 Å². The number of thioether (sulfide) groups is 1. The van der Waals surface area contributed by atoms with E-state index in [2.05, 4.69) is 11.4 Å². The van der Waals surface area contributed by atoms with Gasteiger partial charge in [-0.05, 0) is 12.2 Å². The fourth-order valence-corrected chi connectivity index (χ4v) is 5.38. The molecule has 36 heavy (non-hydrogen) atoms. The molecule has 0 aliphatic heterocycles. The number of aliphatic hydroxyl groups excluding tert-OH is 1. The fourth-order valence-electron chi connectivity index (χ4n) is 3.96. The average molecular weight is 569 g/mol. The van der Waals surface area contributed by atoms with Crippen LogP contribution < -0.4 is 69.1 Å². The number of carbonyl (C=O) groups is 1. The van der Waals surface area contributed by atoms with Gasteiger partial charge in [0.25, 0.3) is 0 Å². The Bertz CT molecular complexity index is 517. The summed E-state index contributed by atoms with van der Waals surface area (Å²) in [4.78, 5) is 21.2. The summed E-state index contributed by atoms with van der Waals surface area (Å²) in [5, 5.41) is 19.9. The standard InChI is InChI=1S/C26H53O6PS.2Na/c1-2-3-4-5-6-7-8-9-10-11-12-13-14-15-16-17-18-19-20-21-22-34-24-25(27)23-32-33(30,31)26(28)29;;/h25,27H,2-24H2,1H3,(H,28,29)(H,30,31);;/q;2*+1/p-2/t25-;;/m0../s1. The molecule has 0 saturated carbocycles. The van der Waals surface area contributed by atoms with Gasteiger partial charge in [-0.15, -0.1) is 0 Å². The van der Waals surface area contributed by atoms with E-state index < -0.39 is 26.0 Å². The second kappa shape index (κ2) is 31.5. The molecule has 0 saturated heterocycles. The summed E-state index contributed by atoms with van der Waals surface area (Å²) in [5.74, 6) is 1.22. The molecule has 2 atom stereocenters. The molecule has 6 nitrogen and oxygen atoms in total. The average Bonchev–Trinajstić information content (AvgIpc) is 2.81. The van der Waals surface area contributed by atoms with Crippen LogP contribution in [0.15, 0.2) is 0 Å². The first-order valence-electron chi connectivity index (χ1n) is 13.8. The molecule has 0 aliphatic carbocycles. The van der Waals surface area contributed by atoms with Crippen LogP contribution in [0.25, 0.3) is 0 Å². The van der Waals surface area contributed by atoms with Crippen LogP contribution in [0.4, 0.5) is 4.79 Å². The van der Waals surface area contributed by atoms with E-state index in [0.717, 1.165) is 12.2 Å². The molecule has 0 fully saturated rings. The van der Waals surface area contributed by atoms with Gasteiger partial charge in [-0.1, -0.05) is 129 Å². The number of unbranched alkanes of at least 4 members (excludes halogenated alkanes) is 19. The number of carbonyl (C=O) groups excluding carboxylic acids is 1. The van der Waals surface area contributed by atoms with Crippen molar-refractivity contribution >= 4 is 25.1 Å². The molecule has 0 aromatic heterocycles. The van der Waals surface area contributed by atoms with Crippen molar-refractivity contribution in [3.05, 3.63) is 0 Å². The van der Waals surface area contributed by atoms with Crippen molar-refractivity contribution in [2.75, 3.05) is 18.1 Å². The Hall–Kier alpha value is 1.93. The predicted molar refractivity (Wildman–Crippen MR) is 140 cm³/mol. The van der Waals surface area contributed by atoms with Gasteiger partial charge in [0.15, 0.2) is 7.60 Å². The van der Waals surface area contributed by atoms with E-state index in [1.807, 2.05) is 0 Å². The molecule has 204 valence electrons. The number of aliphatic hydroxyl groups is 1. The van der Waals surface area contributed by atoms with Crippen molar-refractivity contribution in [2.45, 2.75) is 141 Å². The molecule has 0 aliphatic rings. The summed E-state index contributed by atoms with van der Waals surface area (Å²) in [5.41, 5.74) is -2.25. The van der Waals surface area contributed by atoms with Gasteiger partial charge >= 0.3 is 59.1 Å². The second-order valence-corrected chi connectivity index (χ2v) is 12.3. The maximum Gasteiger partial charge on any atom is 1.00 e. The predicted octanol–water partition coefficient (Wildman–Crippen LogP) is 0.824. The summed E-state index contributed by atoms with van der Waals surface area (Å²) < 4.78 is 15.2. The summed E-state index contributed by atoms with van der Waals surface area (Å²) in [6, 6.07) is 0. The van der Waals surface area contributed by atoms with Crippen LogP contribution >= 0.6 is 19.4 Å². The minimum atomic E-state index is -5.01. The third-order valence-corrected chi connectivity index (χ3v) is 8.25. The van der Waals surface area contributed by atoms with E-state index >= 15 is 0 Å². The van der Waals surface area contributed by atoms with E-state index in [4.69, 9.17) is 0 Å². The maximum atomic E-state index is 10.9. The fraction of sp³-hybridized carbons (Fsp3) is 0.962. The maximum absolute atomic E-state index is 10.9. The van der Waals surface area contributed by atoms with Crippen LogP contribution in [0.1, 0.15) is 135 Å². The summed E-state index contributed by atoms with van der Waals surface area (Å²) in [6.45, 7) is 1.73. The summed E-state index contributed by atoms with van der Waals surface area (Å²) in [7, 11) is -5.01. The topological polar surface area (TPSA) is 110 Å². The number of hydrogen-bond donors (Lipinski definition) is 1. The van der Waals surface area contributed by atoms with Gasteiger partial charge in [0.2, 0.25) is 0 Å². The molecule has 0 aromatic carbocycles. The normalized spacial score (nSPS) is 13.4. The minimum Gasteiger partial charge on any atom is -0.774 e. The van der Waals surface area contributed by atoms with Crippen molar-refractivity contribution in [1.82, 2.24) is 0 Å². The molecule has 0 amide bonds. The molecule has 0 heterocycles. The quantitative estimate of drug-likeness (QED) is 0.0888. The Morgan fingerprint density at radius 3 is 1.42 bits per heavy atom. The van der Waals surface area contributed by atoms with Crippen molar-refractivity contribution in [3.63, 3.8) is 0 Å². The number of hydrogen-bond acceptors (Lipinski definition) is 7. The zero-order valence-corrected chi connectivity index (χ0v) is 29.4. The van der Waals surface area contributed by atoms with E-state index in [-0.39, 0.29) is 59.1 Å². The van der Waals surface area contributed by atoms with Crippen LogP contribution in [-0.4, -0.2) is 35.0 Å². The summed E-state index contributed by atoms with van der Waals surface area (Å²) in [6.07, 6.45) is 26.1. The zero-order valence-electron chi connectivity index (χ0n) is 23.7. The van der Waals surface area contributed by atoms with Gasteiger partial charge in [0.05, 0.1) is 12.7 Å². The second-order valence-electron chi connectivity index (χ2n) is 9.51. The third-order valence-electron chi connectivity index (χ3n) is 6.11. The van der Waals surface area contributed by atoms with Crippen LogP contribution in [0.3, 0.4) is 0 Å². The van der Waals surface area contributed by atoms with E-state index in [1.54, 1.807) is 0 Å². The molecular formula is C26H51Na2O6PS. The molecule has 0 spiro atoms. The van der Waals surface area contributed by atoms with Gasteiger partial charge in [0.1, 0.15) is 5.71 Å². The first-order chi connectivity index (χ1) is 16.4. The molecule has 1 unspecified atom stereocenters. The van der Waals surface area contributed by atoms with Crippen molar-refractivity contribution in [3.8, 4) is 0 Å². The molecular weight excluding hydrogens is 517 g/mol. The Morgan fingerprint density at radius 1 is 0.750 bits per heavy atom. The molecule has 0 bridgehead atoms. The van der Waals surface area contributed by atoms with Crippen LogP contribution in [-0.2, 0) is 9.09 Å². The Kier molecular flexibility index (Phi) is 37.0. The van der Waals surface area contributed by atoms with E-state index in [1.165, 1.54) is 134 Å². The molecule has 0 radical (unpaired) electrons. The van der Waals surface area contributed by atoms with Crippen LogP contribution in [0.5, 0.6) is 0 Å². The number of rotatable bonds is 27. The largest absolute Gasteiger partial charge is 1.00 e.